The number of halogens is 2. The molecule has 17 heavy (non-hydrogen) atoms. The summed E-state index contributed by atoms with van der Waals surface area (Å²) in [6.45, 7) is 0.573. The van der Waals surface area contributed by atoms with E-state index >= 15 is 0 Å². The van der Waals surface area contributed by atoms with E-state index in [1.807, 2.05) is 42.5 Å². The van der Waals surface area contributed by atoms with Crippen LogP contribution < -0.4 is 23.6 Å². The van der Waals surface area contributed by atoms with Crippen LogP contribution in [0.15, 0.2) is 51.4 Å². The summed E-state index contributed by atoms with van der Waals surface area (Å²) in [6, 6.07) is 16.9. The molecule has 1 nitrogen and oxygen atoms in total. The average molecular weight is 348 g/mol. The van der Waals surface area contributed by atoms with Crippen molar-refractivity contribution in [1.82, 2.24) is 0 Å². The van der Waals surface area contributed by atoms with Crippen molar-refractivity contribution >= 4 is 31.9 Å². The van der Waals surface area contributed by atoms with Gasteiger partial charge in [0.1, 0.15) is 6.61 Å². The van der Waals surface area contributed by atoms with Gasteiger partial charge in [0.05, 0.1) is 0 Å². The summed E-state index contributed by atoms with van der Waals surface area (Å²) < 4.78 is 7.43. The summed E-state index contributed by atoms with van der Waals surface area (Å²) in [6.07, 6.45) is 0. The maximum Gasteiger partial charge on any atom is 1.00 e. The molecule has 0 heterocycles. The fraction of sp³-hybridized carbons (Fsp3) is 0.0769. The third-order valence-electron chi connectivity index (χ3n) is 2.03. The minimum Gasteiger partial charge on any atom is -0.514 e. The second-order valence-electron chi connectivity index (χ2n) is 3.29. The molecule has 0 N–H and O–H groups in total. The van der Waals surface area contributed by atoms with Gasteiger partial charge in [-0.25, -0.2) is 0 Å². The molecule has 0 aromatic heterocycles. The van der Waals surface area contributed by atoms with Gasteiger partial charge in [-0.2, -0.15) is 6.07 Å². The molecule has 2 rings (SSSR count). The molecule has 0 saturated carbocycles. The van der Waals surface area contributed by atoms with E-state index in [0.717, 1.165) is 20.3 Å². The standard InChI is InChI=1S/C13H9Br2O.Li/c14-11-6-12(15)8-13(7-11)16-9-10-4-2-1-3-5-10;/h1-5,7-8H,9H2;/q-1;+1. The molecule has 0 aliphatic carbocycles. The molecule has 0 unspecified atom stereocenters. The van der Waals surface area contributed by atoms with Gasteiger partial charge in [0, 0.05) is 5.75 Å². The Morgan fingerprint density at radius 1 is 1.00 bits per heavy atom. The van der Waals surface area contributed by atoms with Crippen LogP contribution in [0.2, 0.25) is 0 Å². The van der Waals surface area contributed by atoms with Gasteiger partial charge < -0.3 is 4.74 Å². The van der Waals surface area contributed by atoms with Crippen LogP contribution in [-0.2, 0) is 6.61 Å². The topological polar surface area (TPSA) is 9.23 Å². The van der Waals surface area contributed by atoms with Crippen LogP contribution >= 0.6 is 31.9 Å². The molecule has 0 spiro atoms. The van der Waals surface area contributed by atoms with Gasteiger partial charge in [-0.15, -0.1) is 12.1 Å². The van der Waals surface area contributed by atoms with Crippen LogP contribution in [0.4, 0.5) is 0 Å². The predicted octanol–water partition coefficient (Wildman–Crippen LogP) is 1.59. The van der Waals surface area contributed by atoms with Crippen LogP contribution in [0, 0.1) is 6.07 Å². The van der Waals surface area contributed by atoms with Crippen molar-refractivity contribution in [3.8, 4) is 5.75 Å². The zero-order valence-electron chi connectivity index (χ0n) is 9.41. The molecule has 82 valence electrons. The SMILES string of the molecule is Brc1[c-]c(Br)cc(OCc2ccccc2)c1.[Li+]. The number of hydrogen-bond acceptors (Lipinski definition) is 1. The monoisotopic (exact) mass is 346 g/mol. The molecule has 0 bridgehead atoms. The predicted molar refractivity (Wildman–Crippen MR) is 71.5 cm³/mol. The Morgan fingerprint density at radius 2 is 1.59 bits per heavy atom. The van der Waals surface area contributed by atoms with E-state index in [1.54, 1.807) is 0 Å². The first kappa shape index (κ1) is 14.9. The zero-order valence-corrected chi connectivity index (χ0v) is 12.6. The van der Waals surface area contributed by atoms with Crippen molar-refractivity contribution in [1.29, 1.82) is 0 Å². The molecular formula is C13H9Br2LiO. The second-order valence-corrected chi connectivity index (χ2v) is 4.99. The fourth-order valence-electron chi connectivity index (χ4n) is 1.30. The molecule has 0 radical (unpaired) electrons. The minimum atomic E-state index is 0. The number of benzene rings is 2. The maximum absolute atomic E-state index is 5.67. The Kier molecular flexibility index (Phi) is 6.36. The third kappa shape index (κ3) is 4.89. The first-order valence-electron chi connectivity index (χ1n) is 4.79. The van der Waals surface area contributed by atoms with Gasteiger partial charge in [-0.3, -0.25) is 0 Å². The maximum atomic E-state index is 5.67. The second kappa shape index (κ2) is 7.28. The van der Waals surface area contributed by atoms with Crippen molar-refractivity contribution in [3.63, 3.8) is 0 Å². The van der Waals surface area contributed by atoms with E-state index in [2.05, 4.69) is 37.9 Å². The zero-order chi connectivity index (χ0) is 11.4. The van der Waals surface area contributed by atoms with E-state index < -0.39 is 0 Å². The first-order valence-corrected chi connectivity index (χ1v) is 6.38. The van der Waals surface area contributed by atoms with Crippen LogP contribution in [0.3, 0.4) is 0 Å². The summed E-state index contributed by atoms with van der Waals surface area (Å²) >= 11 is 6.75. The van der Waals surface area contributed by atoms with Crippen molar-refractivity contribution in [2.45, 2.75) is 6.61 Å². The van der Waals surface area contributed by atoms with Crippen molar-refractivity contribution in [3.05, 3.63) is 63.0 Å². The summed E-state index contributed by atoms with van der Waals surface area (Å²) in [5.74, 6) is 0.821. The number of rotatable bonds is 3. The summed E-state index contributed by atoms with van der Waals surface area (Å²) in [4.78, 5) is 0. The van der Waals surface area contributed by atoms with Crippen LogP contribution in [-0.4, -0.2) is 0 Å². The average Bonchev–Trinajstić information content (AvgIpc) is 2.27. The normalized spacial score (nSPS) is 9.53. The quantitative estimate of drug-likeness (QED) is 0.605. The number of ether oxygens (including phenoxy) is 1. The van der Waals surface area contributed by atoms with Gasteiger partial charge in [-0.05, 0) is 5.56 Å². The van der Waals surface area contributed by atoms with Gasteiger partial charge in [-0.1, -0.05) is 71.1 Å². The molecule has 0 atom stereocenters. The van der Waals surface area contributed by atoms with E-state index in [-0.39, 0.29) is 18.9 Å². The van der Waals surface area contributed by atoms with Gasteiger partial charge in [0.25, 0.3) is 0 Å². The van der Waals surface area contributed by atoms with Crippen LogP contribution in [0.1, 0.15) is 5.56 Å². The molecular weight excluding hydrogens is 339 g/mol. The van der Waals surface area contributed by atoms with E-state index in [1.165, 1.54) is 0 Å². The Labute approximate surface area is 130 Å². The largest absolute Gasteiger partial charge is 1.00 e. The molecule has 0 amide bonds. The minimum absolute atomic E-state index is 0. The van der Waals surface area contributed by atoms with E-state index in [0.29, 0.717) is 6.61 Å². The smallest absolute Gasteiger partial charge is 0.514 e. The molecule has 2 aromatic rings. The third-order valence-corrected chi connectivity index (χ3v) is 2.88. The Bertz CT molecular complexity index is 454. The van der Waals surface area contributed by atoms with Crippen LogP contribution in [0.25, 0.3) is 0 Å². The molecule has 0 aliphatic heterocycles. The van der Waals surface area contributed by atoms with Gasteiger partial charge in [0.15, 0.2) is 0 Å². The van der Waals surface area contributed by atoms with Crippen LogP contribution in [0.5, 0.6) is 5.75 Å². The van der Waals surface area contributed by atoms with Crippen molar-refractivity contribution in [2.75, 3.05) is 0 Å². The number of hydrogen-bond donors (Lipinski definition) is 0. The summed E-state index contributed by atoms with van der Waals surface area (Å²) in [7, 11) is 0. The van der Waals surface area contributed by atoms with Gasteiger partial charge >= 0.3 is 18.9 Å². The Morgan fingerprint density at radius 3 is 2.18 bits per heavy atom. The molecule has 0 aliphatic rings. The van der Waals surface area contributed by atoms with E-state index in [9.17, 15) is 0 Å². The summed E-state index contributed by atoms with van der Waals surface area (Å²) in [5.41, 5.74) is 1.16. The molecule has 0 saturated heterocycles. The van der Waals surface area contributed by atoms with Crippen molar-refractivity contribution in [2.24, 2.45) is 0 Å². The van der Waals surface area contributed by atoms with Crippen molar-refractivity contribution < 1.29 is 23.6 Å². The first-order chi connectivity index (χ1) is 7.74. The van der Waals surface area contributed by atoms with Gasteiger partial charge in [0.2, 0.25) is 0 Å². The molecule has 4 heteroatoms. The fourth-order valence-corrected chi connectivity index (χ4v) is 2.45. The molecule has 0 fully saturated rings. The Balaban J connectivity index is 0.00000144. The Hall–Kier alpha value is -0.203. The van der Waals surface area contributed by atoms with E-state index in [4.69, 9.17) is 4.74 Å². The molecule has 2 aromatic carbocycles. The summed E-state index contributed by atoms with van der Waals surface area (Å²) in [5, 5.41) is 0.